The summed E-state index contributed by atoms with van der Waals surface area (Å²) in [4.78, 5) is 0.345. The van der Waals surface area contributed by atoms with Crippen LogP contribution in [0.25, 0.3) is 10.8 Å². The van der Waals surface area contributed by atoms with Crippen molar-refractivity contribution in [1.29, 1.82) is 0 Å². The lowest BCUT2D eigenvalue weighted by Gasteiger charge is -2.22. The number of fused-ring (bicyclic) bond motifs is 1. The van der Waals surface area contributed by atoms with Gasteiger partial charge >= 0.3 is 0 Å². The number of hydrogen-bond acceptors (Lipinski definition) is 5. The molecule has 3 aliphatic heterocycles. The molecule has 0 bridgehead atoms. The highest BCUT2D eigenvalue weighted by molar-refractivity contribution is 7.89. The lowest BCUT2D eigenvalue weighted by molar-refractivity contribution is 0.304. The van der Waals surface area contributed by atoms with E-state index in [1.807, 2.05) is 30.3 Å². The predicted molar refractivity (Wildman–Crippen MR) is 90.9 cm³/mol. The summed E-state index contributed by atoms with van der Waals surface area (Å²) < 4.78 is 44.3. The molecule has 0 saturated carbocycles. The highest BCUT2D eigenvalue weighted by Gasteiger charge is 2.38. The Kier molecular flexibility index (Phi) is 3.62. The van der Waals surface area contributed by atoms with Gasteiger partial charge in [0.15, 0.2) is 0 Å². The van der Waals surface area contributed by atoms with Crippen LogP contribution >= 0.6 is 0 Å². The van der Waals surface area contributed by atoms with Crippen molar-refractivity contribution in [2.45, 2.75) is 23.2 Å². The van der Waals surface area contributed by atoms with Crippen LogP contribution in [0.1, 0.15) is 11.7 Å². The van der Waals surface area contributed by atoms with Crippen molar-refractivity contribution in [3.05, 3.63) is 42.0 Å². The molecule has 5 rings (SSSR count). The molecule has 3 saturated heterocycles. The number of epoxide rings is 3. The second-order valence-electron chi connectivity index (χ2n) is 6.79. The quantitative estimate of drug-likeness (QED) is 0.702. The lowest BCUT2D eigenvalue weighted by Crippen LogP contribution is -2.37. The SMILES string of the molecule is O=S(=O)(c1cc(C2CO2)cc2ccccc12)N(CC1CO1)CC1CO1. The van der Waals surface area contributed by atoms with E-state index in [1.54, 1.807) is 6.07 Å². The largest absolute Gasteiger partial charge is 0.372 e. The topological polar surface area (TPSA) is 75.0 Å². The van der Waals surface area contributed by atoms with Gasteiger partial charge in [-0.3, -0.25) is 0 Å². The number of sulfonamides is 1. The van der Waals surface area contributed by atoms with Gasteiger partial charge in [-0.2, -0.15) is 4.31 Å². The van der Waals surface area contributed by atoms with Gasteiger partial charge in [0.2, 0.25) is 10.0 Å². The standard InChI is InChI=1S/C18H19NO5S/c20-25(21,19(7-14-9-22-14)8-15-10-23-15)18-6-13(17-11-24-17)5-12-3-1-2-4-16(12)18/h1-6,14-15,17H,7-11H2. The summed E-state index contributed by atoms with van der Waals surface area (Å²) in [6, 6.07) is 11.4. The van der Waals surface area contributed by atoms with Crippen molar-refractivity contribution in [2.75, 3.05) is 32.9 Å². The smallest absolute Gasteiger partial charge is 0.243 e. The van der Waals surface area contributed by atoms with Crippen molar-refractivity contribution in [3.8, 4) is 0 Å². The summed E-state index contributed by atoms with van der Waals surface area (Å²) in [6.45, 7) is 2.64. The molecule has 25 heavy (non-hydrogen) atoms. The number of benzene rings is 2. The van der Waals surface area contributed by atoms with E-state index in [4.69, 9.17) is 14.2 Å². The molecule has 3 atom stereocenters. The molecular formula is C18H19NO5S. The molecule has 0 aromatic heterocycles. The maximum atomic E-state index is 13.4. The Labute approximate surface area is 146 Å². The molecule has 0 spiro atoms. The van der Waals surface area contributed by atoms with Gasteiger partial charge in [-0.1, -0.05) is 24.3 Å². The fraction of sp³-hybridized carbons (Fsp3) is 0.444. The van der Waals surface area contributed by atoms with Crippen LogP contribution in [0.2, 0.25) is 0 Å². The van der Waals surface area contributed by atoms with Gasteiger partial charge in [-0.05, 0) is 23.1 Å². The van der Waals surface area contributed by atoms with Gasteiger partial charge in [0.05, 0.1) is 36.9 Å². The van der Waals surface area contributed by atoms with Crippen LogP contribution in [0.5, 0.6) is 0 Å². The second kappa shape index (κ2) is 5.75. The van der Waals surface area contributed by atoms with Crippen LogP contribution in [-0.4, -0.2) is 57.8 Å². The summed E-state index contributed by atoms with van der Waals surface area (Å²) in [5.41, 5.74) is 0.919. The summed E-state index contributed by atoms with van der Waals surface area (Å²) in [5, 5.41) is 1.66. The number of hydrogen-bond donors (Lipinski definition) is 0. The fourth-order valence-corrected chi connectivity index (χ4v) is 4.90. The first-order valence-electron chi connectivity index (χ1n) is 8.49. The van der Waals surface area contributed by atoms with Gasteiger partial charge in [-0.15, -0.1) is 0 Å². The second-order valence-corrected chi connectivity index (χ2v) is 8.70. The zero-order valence-electron chi connectivity index (χ0n) is 13.6. The summed E-state index contributed by atoms with van der Waals surface area (Å²) in [7, 11) is -3.65. The molecule has 3 fully saturated rings. The van der Waals surface area contributed by atoms with E-state index in [1.165, 1.54) is 4.31 Å². The molecule has 0 radical (unpaired) electrons. The van der Waals surface area contributed by atoms with Crippen LogP contribution in [0.15, 0.2) is 41.3 Å². The molecule has 3 unspecified atom stereocenters. The van der Waals surface area contributed by atoms with E-state index in [0.717, 1.165) is 16.3 Å². The first-order chi connectivity index (χ1) is 12.1. The van der Waals surface area contributed by atoms with Crippen LogP contribution in [0, 0.1) is 0 Å². The normalized spacial score (nSPS) is 27.6. The predicted octanol–water partition coefficient (Wildman–Crippen LogP) is 1.70. The Morgan fingerprint density at radius 1 is 0.960 bits per heavy atom. The Balaban J connectivity index is 1.61. The van der Waals surface area contributed by atoms with Crippen molar-refractivity contribution in [2.24, 2.45) is 0 Å². The van der Waals surface area contributed by atoms with Crippen molar-refractivity contribution in [3.63, 3.8) is 0 Å². The first kappa shape index (κ1) is 15.7. The van der Waals surface area contributed by atoms with Crippen LogP contribution in [0.3, 0.4) is 0 Å². The molecule has 0 aliphatic carbocycles. The highest BCUT2D eigenvalue weighted by Crippen LogP contribution is 2.36. The Morgan fingerprint density at radius 2 is 1.60 bits per heavy atom. The molecule has 0 N–H and O–H groups in total. The number of ether oxygens (including phenoxy) is 3. The van der Waals surface area contributed by atoms with Crippen LogP contribution in [-0.2, 0) is 24.2 Å². The van der Waals surface area contributed by atoms with E-state index >= 15 is 0 Å². The summed E-state index contributed by atoms with van der Waals surface area (Å²) in [6.07, 6.45) is -0.00462. The van der Waals surface area contributed by atoms with Gasteiger partial charge in [0.1, 0.15) is 6.10 Å². The fourth-order valence-electron chi connectivity index (χ4n) is 3.15. The summed E-state index contributed by atoms with van der Waals surface area (Å²) >= 11 is 0. The molecule has 132 valence electrons. The van der Waals surface area contributed by atoms with Gasteiger partial charge in [0, 0.05) is 18.5 Å². The minimum atomic E-state index is -3.65. The molecule has 3 heterocycles. The van der Waals surface area contributed by atoms with E-state index in [9.17, 15) is 8.42 Å². The molecule has 7 heteroatoms. The molecule has 2 aromatic rings. The molecule has 3 aliphatic rings. The van der Waals surface area contributed by atoms with Crippen molar-refractivity contribution in [1.82, 2.24) is 4.31 Å². The zero-order valence-corrected chi connectivity index (χ0v) is 14.4. The van der Waals surface area contributed by atoms with Crippen LogP contribution < -0.4 is 0 Å². The monoisotopic (exact) mass is 361 g/mol. The third-order valence-electron chi connectivity index (χ3n) is 4.79. The Bertz CT molecular complexity index is 902. The molecule has 0 amide bonds. The average molecular weight is 361 g/mol. The average Bonchev–Trinajstić information content (AvgIpc) is 3.47. The third-order valence-corrected chi connectivity index (χ3v) is 6.66. The maximum absolute atomic E-state index is 13.4. The molecule has 2 aromatic carbocycles. The minimum absolute atomic E-state index is 0.00487. The molecular weight excluding hydrogens is 342 g/mol. The Hall–Kier alpha value is -1.51. The van der Waals surface area contributed by atoms with Gasteiger partial charge < -0.3 is 14.2 Å². The molecule has 6 nitrogen and oxygen atoms in total. The van der Waals surface area contributed by atoms with Crippen molar-refractivity contribution >= 4 is 20.8 Å². The minimum Gasteiger partial charge on any atom is -0.372 e. The summed E-state index contributed by atoms with van der Waals surface area (Å²) in [5.74, 6) is 0. The van der Waals surface area contributed by atoms with Gasteiger partial charge in [0.25, 0.3) is 0 Å². The van der Waals surface area contributed by atoms with Crippen molar-refractivity contribution < 1.29 is 22.6 Å². The first-order valence-corrected chi connectivity index (χ1v) is 9.93. The third kappa shape index (κ3) is 3.18. The number of nitrogens with zero attached hydrogens (tertiary/aromatic N) is 1. The number of rotatable bonds is 7. The Morgan fingerprint density at radius 3 is 2.20 bits per heavy atom. The van der Waals surface area contributed by atoms with E-state index in [2.05, 4.69) is 0 Å². The van der Waals surface area contributed by atoms with E-state index < -0.39 is 10.0 Å². The lowest BCUT2D eigenvalue weighted by atomic mass is 10.1. The van der Waals surface area contributed by atoms with Gasteiger partial charge in [-0.25, -0.2) is 8.42 Å². The highest BCUT2D eigenvalue weighted by atomic mass is 32.2. The zero-order chi connectivity index (χ0) is 17.0. The maximum Gasteiger partial charge on any atom is 0.243 e. The van der Waals surface area contributed by atoms with E-state index in [0.29, 0.717) is 37.8 Å². The van der Waals surface area contributed by atoms with E-state index in [-0.39, 0.29) is 18.3 Å². The van der Waals surface area contributed by atoms with Crippen LogP contribution in [0.4, 0.5) is 0 Å².